The molecule has 3 aromatic rings. The van der Waals surface area contributed by atoms with E-state index in [4.69, 9.17) is 11.6 Å². The molecule has 0 saturated heterocycles. The summed E-state index contributed by atoms with van der Waals surface area (Å²) in [5.41, 5.74) is 2.50. The predicted molar refractivity (Wildman–Crippen MR) is 126 cm³/mol. The molecule has 162 valence electrons. The molecule has 0 spiro atoms. The summed E-state index contributed by atoms with van der Waals surface area (Å²) in [6, 6.07) is 20.0. The highest BCUT2D eigenvalue weighted by Gasteiger charge is 2.39. The number of carbonyl (C=O) groups is 2. The van der Waals surface area contributed by atoms with Crippen LogP contribution in [0.2, 0.25) is 5.02 Å². The van der Waals surface area contributed by atoms with Gasteiger partial charge in [-0.3, -0.25) is 13.9 Å². The summed E-state index contributed by atoms with van der Waals surface area (Å²) in [5.74, 6) is -0.971. The Bertz CT molecular complexity index is 1380. The lowest BCUT2D eigenvalue weighted by atomic mass is 9.95. The number of nitrogens with one attached hydrogen (secondary N) is 1. The van der Waals surface area contributed by atoms with Crippen LogP contribution in [0, 0.1) is 0 Å². The number of benzene rings is 3. The molecule has 4 rings (SSSR count). The van der Waals surface area contributed by atoms with Crippen LogP contribution < -0.4 is 9.62 Å². The molecule has 6 nitrogen and oxygen atoms in total. The molecule has 8 heteroatoms. The SMILES string of the molecule is CC(=O)c1cccc(NC(=O)C2=C(c3ccccc3)c3cc(Cl)ccc3N(C)S2(=O)=O)c1. The van der Waals surface area contributed by atoms with E-state index >= 15 is 0 Å². The van der Waals surface area contributed by atoms with Gasteiger partial charge in [-0.2, -0.15) is 0 Å². The molecule has 0 aromatic heterocycles. The molecule has 0 unspecified atom stereocenters. The van der Waals surface area contributed by atoms with Crippen LogP contribution in [0.15, 0.2) is 77.7 Å². The van der Waals surface area contributed by atoms with Crippen molar-refractivity contribution in [3.63, 3.8) is 0 Å². The fraction of sp³-hybridized carbons (Fsp3) is 0.0833. The minimum Gasteiger partial charge on any atom is -0.321 e. The summed E-state index contributed by atoms with van der Waals surface area (Å²) in [6.45, 7) is 1.41. The van der Waals surface area contributed by atoms with Crippen molar-refractivity contribution < 1.29 is 18.0 Å². The van der Waals surface area contributed by atoms with E-state index in [2.05, 4.69) is 5.32 Å². The Kier molecular flexibility index (Phi) is 5.62. The van der Waals surface area contributed by atoms with Crippen LogP contribution in [0.4, 0.5) is 11.4 Å². The lowest BCUT2D eigenvalue weighted by Gasteiger charge is -2.31. The average molecular weight is 467 g/mol. The third-order valence-electron chi connectivity index (χ3n) is 5.21. The van der Waals surface area contributed by atoms with Crippen molar-refractivity contribution in [3.05, 3.63) is 99.4 Å². The molecule has 1 amide bonds. The number of nitrogens with zero attached hydrogens (tertiary/aromatic N) is 1. The summed E-state index contributed by atoms with van der Waals surface area (Å²) in [7, 11) is -2.78. The van der Waals surface area contributed by atoms with Crippen molar-refractivity contribution >= 4 is 50.3 Å². The number of sulfonamides is 1. The van der Waals surface area contributed by atoms with E-state index in [1.807, 2.05) is 0 Å². The predicted octanol–water partition coefficient (Wildman–Crippen LogP) is 4.72. The van der Waals surface area contributed by atoms with Gasteiger partial charge >= 0.3 is 0 Å². The van der Waals surface area contributed by atoms with Gasteiger partial charge in [0.2, 0.25) is 0 Å². The van der Waals surface area contributed by atoms with Gasteiger partial charge < -0.3 is 5.32 Å². The summed E-state index contributed by atoms with van der Waals surface area (Å²) in [4.78, 5) is 24.7. The van der Waals surface area contributed by atoms with E-state index in [0.717, 1.165) is 4.31 Å². The van der Waals surface area contributed by atoms with Gasteiger partial charge in [-0.25, -0.2) is 8.42 Å². The van der Waals surface area contributed by atoms with Gasteiger partial charge in [0.25, 0.3) is 15.9 Å². The highest BCUT2D eigenvalue weighted by molar-refractivity contribution is 7.97. The number of halogens is 1. The largest absolute Gasteiger partial charge is 0.321 e. The van der Waals surface area contributed by atoms with Crippen LogP contribution in [0.1, 0.15) is 28.4 Å². The first kappa shape index (κ1) is 21.8. The minimum atomic E-state index is -4.18. The third-order valence-corrected chi connectivity index (χ3v) is 7.27. The van der Waals surface area contributed by atoms with Crippen molar-refractivity contribution in [2.45, 2.75) is 6.92 Å². The number of ketones is 1. The van der Waals surface area contributed by atoms with Crippen LogP contribution in [0.5, 0.6) is 0 Å². The highest BCUT2D eigenvalue weighted by atomic mass is 35.5. The van der Waals surface area contributed by atoms with Crippen LogP contribution in [0.25, 0.3) is 5.57 Å². The fourth-order valence-corrected chi connectivity index (χ4v) is 5.26. The molecule has 0 radical (unpaired) electrons. The van der Waals surface area contributed by atoms with E-state index in [9.17, 15) is 18.0 Å². The Hall–Kier alpha value is -3.42. The van der Waals surface area contributed by atoms with Crippen LogP contribution in [-0.2, 0) is 14.8 Å². The molecule has 1 N–H and O–H groups in total. The quantitative estimate of drug-likeness (QED) is 0.564. The van der Waals surface area contributed by atoms with E-state index in [0.29, 0.717) is 33.1 Å². The monoisotopic (exact) mass is 466 g/mol. The Balaban J connectivity index is 1.95. The number of carbonyl (C=O) groups excluding carboxylic acids is 2. The van der Waals surface area contributed by atoms with Crippen molar-refractivity contribution in [2.75, 3.05) is 16.7 Å². The van der Waals surface area contributed by atoms with Gasteiger partial charge in [0, 0.05) is 34.5 Å². The molecular weight excluding hydrogens is 448 g/mol. The van der Waals surface area contributed by atoms with Gasteiger partial charge in [-0.1, -0.05) is 54.1 Å². The van der Waals surface area contributed by atoms with E-state index < -0.39 is 20.8 Å². The minimum absolute atomic E-state index is 0.168. The molecule has 1 heterocycles. The number of hydrogen-bond donors (Lipinski definition) is 1. The van der Waals surface area contributed by atoms with Gasteiger partial charge in [-0.05, 0) is 42.8 Å². The molecule has 0 saturated carbocycles. The smallest absolute Gasteiger partial charge is 0.270 e. The molecule has 3 aromatic carbocycles. The van der Waals surface area contributed by atoms with Gasteiger partial charge in [0.1, 0.15) is 0 Å². The molecule has 32 heavy (non-hydrogen) atoms. The van der Waals surface area contributed by atoms with E-state index in [-0.39, 0.29) is 11.4 Å². The van der Waals surface area contributed by atoms with Gasteiger partial charge in [-0.15, -0.1) is 0 Å². The molecule has 1 aliphatic heterocycles. The van der Waals surface area contributed by atoms with E-state index in [1.165, 1.54) is 20.0 Å². The molecule has 0 fully saturated rings. The standard InChI is InChI=1S/C24H19ClN2O4S/c1-15(28)17-9-6-10-19(13-17)26-24(29)23-22(16-7-4-3-5-8-16)20-14-18(25)11-12-21(20)27(2)32(23,30)31/h3-14H,1-2H3,(H,26,29). The second-order valence-electron chi connectivity index (χ2n) is 7.30. The lowest BCUT2D eigenvalue weighted by Crippen LogP contribution is -2.37. The van der Waals surface area contributed by atoms with E-state index in [1.54, 1.807) is 66.7 Å². The summed E-state index contributed by atoms with van der Waals surface area (Å²) in [5, 5.41) is 3.06. The molecule has 0 aliphatic carbocycles. The Morgan fingerprint density at radius 1 is 0.938 bits per heavy atom. The number of hydrogen-bond acceptors (Lipinski definition) is 4. The van der Waals surface area contributed by atoms with Crippen molar-refractivity contribution in [1.82, 2.24) is 0 Å². The molecule has 1 aliphatic rings. The molecule has 0 atom stereocenters. The fourth-order valence-electron chi connectivity index (χ4n) is 3.63. The maximum absolute atomic E-state index is 13.5. The number of amides is 1. The summed E-state index contributed by atoms with van der Waals surface area (Å²) in [6.07, 6.45) is 0. The Labute approximate surface area is 191 Å². The van der Waals surface area contributed by atoms with Crippen LogP contribution in [0.3, 0.4) is 0 Å². The first-order valence-corrected chi connectivity index (χ1v) is 11.5. The van der Waals surface area contributed by atoms with Crippen molar-refractivity contribution in [3.8, 4) is 0 Å². The Morgan fingerprint density at radius 2 is 1.66 bits per heavy atom. The van der Waals surface area contributed by atoms with Gasteiger partial charge in [0.05, 0.1) is 5.69 Å². The van der Waals surface area contributed by atoms with Crippen molar-refractivity contribution in [2.24, 2.45) is 0 Å². The molecular formula is C24H19ClN2O4S. The normalized spacial score (nSPS) is 14.7. The molecule has 0 bridgehead atoms. The summed E-state index contributed by atoms with van der Waals surface area (Å²) >= 11 is 6.23. The number of anilines is 2. The highest BCUT2D eigenvalue weighted by Crippen LogP contribution is 2.43. The Morgan fingerprint density at radius 3 is 2.34 bits per heavy atom. The zero-order chi connectivity index (χ0) is 23.0. The maximum Gasteiger partial charge on any atom is 0.270 e. The average Bonchev–Trinajstić information content (AvgIpc) is 2.76. The first-order chi connectivity index (χ1) is 15.2. The topological polar surface area (TPSA) is 83.6 Å². The second-order valence-corrected chi connectivity index (χ2v) is 9.64. The zero-order valence-corrected chi connectivity index (χ0v) is 18.9. The zero-order valence-electron chi connectivity index (χ0n) is 17.3. The van der Waals surface area contributed by atoms with Crippen LogP contribution in [-0.4, -0.2) is 27.2 Å². The number of Topliss-reactive ketones (excluding diaryl/α,β-unsaturated/α-hetero) is 1. The maximum atomic E-state index is 13.5. The first-order valence-electron chi connectivity index (χ1n) is 9.71. The summed E-state index contributed by atoms with van der Waals surface area (Å²) < 4.78 is 28.0. The third kappa shape index (κ3) is 3.81. The second kappa shape index (κ2) is 8.26. The van der Waals surface area contributed by atoms with Crippen LogP contribution >= 0.6 is 11.6 Å². The number of rotatable bonds is 4. The number of fused-ring (bicyclic) bond motifs is 1. The van der Waals surface area contributed by atoms with Gasteiger partial charge in [0.15, 0.2) is 10.7 Å². The van der Waals surface area contributed by atoms with Crippen molar-refractivity contribution in [1.29, 1.82) is 0 Å². The lowest BCUT2D eigenvalue weighted by molar-refractivity contribution is -0.112.